The van der Waals surface area contributed by atoms with E-state index in [4.69, 9.17) is 16.2 Å². The first-order valence-corrected chi connectivity index (χ1v) is 4.60. The molecule has 0 aliphatic heterocycles. The van der Waals surface area contributed by atoms with Crippen molar-refractivity contribution in [3.05, 3.63) is 28.2 Å². The zero-order valence-corrected chi connectivity index (χ0v) is 9.33. The van der Waals surface area contributed by atoms with Crippen LogP contribution in [0.25, 0.3) is 4.98 Å². The molecule has 1 aromatic carbocycles. The Balaban J connectivity index is 0.00000196. The van der Waals surface area contributed by atoms with Crippen LogP contribution in [0.4, 0.5) is 11.4 Å². The quantitative estimate of drug-likeness (QED) is 0.506. The largest absolute Gasteiger partial charge is 1.00 e. The van der Waals surface area contributed by atoms with Gasteiger partial charge < -0.3 is 23.2 Å². The number of halogens is 1. The Hall–Kier alpha value is -1.31. The number of aryl methyl sites for hydroxylation is 1. The van der Waals surface area contributed by atoms with E-state index in [2.05, 4.69) is 4.98 Å². The van der Waals surface area contributed by atoms with Crippen LogP contribution in [-0.4, -0.2) is 11.7 Å². The number of hydrogen-bond acceptors (Lipinski definition) is 3. The number of aliphatic hydroxyl groups excluding tert-OH is 1. The molecule has 0 aliphatic rings. The zero-order valence-electron chi connectivity index (χ0n) is 8.57. The van der Waals surface area contributed by atoms with Gasteiger partial charge >= 0.3 is 5.69 Å². The smallest absolute Gasteiger partial charge is 0.407 e. The lowest BCUT2D eigenvalue weighted by Crippen LogP contribution is -3.00. The molecule has 0 radical (unpaired) electrons. The summed E-state index contributed by atoms with van der Waals surface area (Å²) in [6.45, 7) is 2.07. The second kappa shape index (κ2) is 6.23. The van der Waals surface area contributed by atoms with Gasteiger partial charge in [-0.3, -0.25) is 0 Å². The molecule has 0 heterocycles. The lowest BCUT2D eigenvalue weighted by atomic mass is 9.99. The number of hydrogen-bond donors (Lipinski definition) is 2. The molecule has 0 saturated carbocycles. The summed E-state index contributed by atoms with van der Waals surface area (Å²) in [5.41, 5.74) is 8.58. The van der Waals surface area contributed by atoms with Crippen molar-refractivity contribution >= 4 is 11.4 Å². The number of aliphatic hydroxyl groups is 1. The Morgan fingerprint density at radius 3 is 2.60 bits per heavy atom. The molecular formula is C10H14ClN3O. The van der Waals surface area contributed by atoms with Gasteiger partial charge in [-0.2, -0.15) is 0 Å². The summed E-state index contributed by atoms with van der Waals surface area (Å²) in [4.78, 5) is 3.08. The van der Waals surface area contributed by atoms with Crippen LogP contribution in [0.1, 0.15) is 18.1 Å². The fraction of sp³-hybridized carbons (Fsp3) is 0.400. The van der Waals surface area contributed by atoms with Crippen molar-refractivity contribution in [1.29, 1.82) is 5.39 Å². The summed E-state index contributed by atoms with van der Waals surface area (Å²) in [5.74, 6) is 0. The molecule has 0 bridgehead atoms. The average molecular weight is 228 g/mol. The van der Waals surface area contributed by atoms with Gasteiger partial charge in [0.25, 0.3) is 0 Å². The molecule has 1 aromatic rings. The molecule has 0 fully saturated rings. The van der Waals surface area contributed by atoms with Crippen LogP contribution in [0, 0.1) is 5.39 Å². The number of diazo groups is 1. The van der Waals surface area contributed by atoms with E-state index in [1.807, 2.05) is 13.0 Å². The summed E-state index contributed by atoms with van der Waals surface area (Å²) >= 11 is 0. The molecule has 0 aromatic heterocycles. The maximum absolute atomic E-state index is 8.88. The molecule has 3 N–H and O–H groups in total. The lowest BCUT2D eigenvalue weighted by Gasteiger charge is -2.07. The second-order valence-electron chi connectivity index (χ2n) is 3.06. The standard InChI is InChI=1S/C10H14N3O.ClH/c1-2-7-3-4-9(13-12)10(11)8(7)5-6-14;/h3-4,14H,2,5-6,11H2,1H3;1H/q+1;/p-1. The predicted octanol–water partition coefficient (Wildman–Crippen LogP) is -1.15. The van der Waals surface area contributed by atoms with Crippen LogP contribution in [0.3, 0.4) is 0 Å². The number of benzene rings is 1. The van der Waals surface area contributed by atoms with Gasteiger partial charge in [-0.1, -0.05) is 13.0 Å². The highest BCUT2D eigenvalue weighted by molar-refractivity contribution is 5.72. The fourth-order valence-electron chi connectivity index (χ4n) is 1.52. The van der Waals surface area contributed by atoms with Gasteiger partial charge in [0, 0.05) is 12.7 Å². The average Bonchev–Trinajstić information content (AvgIpc) is 2.21. The first-order chi connectivity index (χ1) is 6.74. The van der Waals surface area contributed by atoms with Crippen molar-refractivity contribution in [3.63, 3.8) is 0 Å². The summed E-state index contributed by atoms with van der Waals surface area (Å²) in [5, 5.41) is 17.5. The molecule has 0 atom stereocenters. The number of rotatable bonds is 3. The van der Waals surface area contributed by atoms with Crippen LogP contribution in [-0.2, 0) is 12.8 Å². The van der Waals surface area contributed by atoms with E-state index in [0.29, 0.717) is 17.8 Å². The third-order valence-electron chi connectivity index (χ3n) is 2.28. The molecule has 4 nitrogen and oxygen atoms in total. The van der Waals surface area contributed by atoms with E-state index in [-0.39, 0.29) is 19.0 Å². The molecular weight excluding hydrogens is 214 g/mol. The van der Waals surface area contributed by atoms with Gasteiger partial charge in [0.2, 0.25) is 5.39 Å². The molecule has 0 amide bonds. The Kier molecular flexibility index (Phi) is 5.68. The number of nitrogen functional groups attached to an aromatic ring is 1. The maximum Gasteiger partial charge on any atom is 0.407 e. The zero-order chi connectivity index (χ0) is 10.6. The van der Waals surface area contributed by atoms with Crippen LogP contribution in [0.2, 0.25) is 0 Å². The van der Waals surface area contributed by atoms with Crippen LogP contribution in [0.5, 0.6) is 0 Å². The Labute approximate surface area is 95.1 Å². The highest BCUT2D eigenvalue weighted by Gasteiger charge is 2.16. The first kappa shape index (κ1) is 13.7. The van der Waals surface area contributed by atoms with Gasteiger partial charge in [-0.25, -0.2) is 0 Å². The van der Waals surface area contributed by atoms with Crippen LogP contribution in [0.15, 0.2) is 12.1 Å². The SMILES string of the molecule is CCc1ccc([N+]#N)c(N)c1CCO.[Cl-]. The van der Waals surface area contributed by atoms with Crippen molar-refractivity contribution in [3.8, 4) is 0 Å². The van der Waals surface area contributed by atoms with E-state index in [0.717, 1.165) is 17.5 Å². The van der Waals surface area contributed by atoms with Gasteiger partial charge in [0.15, 0.2) is 4.98 Å². The molecule has 0 unspecified atom stereocenters. The van der Waals surface area contributed by atoms with Gasteiger partial charge in [0.1, 0.15) is 5.69 Å². The summed E-state index contributed by atoms with van der Waals surface area (Å²) in [6, 6.07) is 3.55. The normalized spacial score (nSPS) is 9.13. The highest BCUT2D eigenvalue weighted by atomic mass is 35.5. The second-order valence-corrected chi connectivity index (χ2v) is 3.06. The summed E-state index contributed by atoms with van der Waals surface area (Å²) in [7, 11) is 0. The number of anilines is 1. The Morgan fingerprint density at radius 2 is 2.13 bits per heavy atom. The number of nitrogens with two attached hydrogens (primary N) is 1. The van der Waals surface area contributed by atoms with Gasteiger partial charge in [0.05, 0.1) is 0 Å². The minimum absolute atomic E-state index is 0. The fourth-order valence-corrected chi connectivity index (χ4v) is 1.52. The van der Waals surface area contributed by atoms with E-state index < -0.39 is 0 Å². The predicted molar refractivity (Wildman–Crippen MR) is 55.8 cm³/mol. The van der Waals surface area contributed by atoms with Crippen molar-refractivity contribution in [2.75, 3.05) is 12.3 Å². The van der Waals surface area contributed by atoms with Gasteiger partial charge in [-0.05, 0) is 24.0 Å². The van der Waals surface area contributed by atoms with Gasteiger partial charge in [-0.15, -0.1) is 0 Å². The van der Waals surface area contributed by atoms with Crippen LogP contribution < -0.4 is 18.1 Å². The van der Waals surface area contributed by atoms with Crippen molar-refractivity contribution in [2.45, 2.75) is 19.8 Å². The minimum Gasteiger partial charge on any atom is -1.00 e. The van der Waals surface area contributed by atoms with Crippen molar-refractivity contribution in [2.24, 2.45) is 0 Å². The van der Waals surface area contributed by atoms with E-state index >= 15 is 0 Å². The number of nitrogens with zero attached hydrogens (tertiary/aromatic N) is 2. The molecule has 5 heteroatoms. The molecule has 1 rings (SSSR count). The third-order valence-corrected chi connectivity index (χ3v) is 2.28. The topological polar surface area (TPSA) is 74.4 Å². The maximum atomic E-state index is 8.88. The lowest BCUT2D eigenvalue weighted by molar-refractivity contribution is -0.00000433. The minimum atomic E-state index is 0. The molecule has 0 spiro atoms. The molecule has 0 saturated heterocycles. The van der Waals surface area contributed by atoms with Crippen molar-refractivity contribution < 1.29 is 17.5 Å². The van der Waals surface area contributed by atoms with Crippen molar-refractivity contribution in [1.82, 2.24) is 0 Å². The van der Waals surface area contributed by atoms with E-state index in [1.165, 1.54) is 0 Å². The Bertz CT molecular complexity index is 374. The van der Waals surface area contributed by atoms with E-state index in [1.54, 1.807) is 6.07 Å². The Morgan fingerprint density at radius 1 is 1.47 bits per heavy atom. The first-order valence-electron chi connectivity index (χ1n) is 4.60. The molecule has 0 aliphatic carbocycles. The molecule has 15 heavy (non-hydrogen) atoms. The monoisotopic (exact) mass is 227 g/mol. The summed E-state index contributed by atoms with van der Waals surface area (Å²) in [6.07, 6.45) is 1.35. The molecule has 82 valence electrons. The summed E-state index contributed by atoms with van der Waals surface area (Å²) < 4.78 is 0. The van der Waals surface area contributed by atoms with Crippen LogP contribution >= 0.6 is 0 Å². The third kappa shape index (κ3) is 2.82. The van der Waals surface area contributed by atoms with E-state index in [9.17, 15) is 0 Å². The highest BCUT2D eigenvalue weighted by Crippen LogP contribution is 2.29.